The Hall–Kier alpha value is -1.96. The topological polar surface area (TPSA) is 54.3 Å². The number of amides is 1. The number of carbonyl (C=O) groups is 1. The maximum Gasteiger partial charge on any atom is 0.280 e. The van der Waals surface area contributed by atoms with Crippen molar-refractivity contribution in [3.63, 3.8) is 0 Å². The quantitative estimate of drug-likeness (QED) is 0.643. The largest absolute Gasteiger partial charge is 0.308 e. The summed E-state index contributed by atoms with van der Waals surface area (Å²) in [5.41, 5.74) is 2.31. The van der Waals surface area contributed by atoms with Crippen molar-refractivity contribution in [3.8, 4) is 0 Å². The number of rotatable bonds is 6. The molecule has 0 aliphatic rings. The Labute approximate surface area is 162 Å². The Kier molecular flexibility index (Phi) is 5.60. The zero-order valence-electron chi connectivity index (χ0n) is 15.4. The summed E-state index contributed by atoms with van der Waals surface area (Å²) >= 11 is 7.78. The van der Waals surface area contributed by atoms with Crippen molar-refractivity contribution in [2.45, 2.75) is 20.4 Å². The van der Waals surface area contributed by atoms with Crippen molar-refractivity contribution in [1.82, 2.24) is 19.7 Å². The molecule has 3 aromatic rings. The lowest BCUT2D eigenvalue weighted by atomic mass is 10.2. The number of thiazole rings is 1. The number of nitrogens with zero attached hydrogens (tertiary/aromatic N) is 5. The van der Waals surface area contributed by atoms with E-state index in [9.17, 15) is 4.79 Å². The molecule has 0 aliphatic heterocycles. The van der Waals surface area contributed by atoms with Crippen molar-refractivity contribution >= 4 is 44.2 Å². The smallest absolute Gasteiger partial charge is 0.280 e. The van der Waals surface area contributed by atoms with Gasteiger partial charge in [0, 0.05) is 25.8 Å². The van der Waals surface area contributed by atoms with Gasteiger partial charge in [-0.3, -0.25) is 14.4 Å². The third-order valence-electron chi connectivity index (χ3n) is 4.12. The molecule has 2 heterocycles. The molecule has 6 nitrogen and oxygen atoms in total. The van der Waals surface area contributed by atoms with Gasteiger partial charge in [0.25, 0.3) is 5.91 Å². The zero-order valence-corrected chi connectivity index (χ0v) is 16.9. The van der Waals surface area contributed by atoms with Crippen LogP contribution in [0.1, 0.15) is 23.0 Å². The summed E-state index contributed by atoms with van der Waals surface area (Å²) in [7, 11) is 3.96. The van der Waals surface area contributed by atoms with E-state index in [1.54, 1.807) is 15.6 Å². The van der Waals surface area contributed by atoms with E-state index in [1.807, 2.05) is 51.2 Å². The summed E-state index contributed by atoms with van der Waals surface area (Å²) in [6, 6.07) is 5.57. The standard InChI is InChI=1S/C18H22ClN5OS/c1-5-23-9-8-14(21-23)17(25)24(11-10-22(3)4)18-20-15-12(2)6-7-13(19)16(15)26-18/h6-9H,5,10-11H2,1-4H3. The number of hydrogen-bond acceptors (Lipinski definition) is 5. The van der Waals surface area contributed by atoms with Crippen molar-refractivity contribution in [2.24, 2.45) is 0 Å². The molecule has 0 aliphatic carbocycles. The molecule has 0 fully saturated rings. The highest BCUT2D eigenvalue weighted by molar-refractivity contribution is 7.23. The SMILES string of the molecule is CCn1ccc(C(=O)N(CCN(C)C)c2nc3c(C)ccc(Cl)c3s2)n1. The minimum atomic E-state index is -0.146. The summed E-state index contributed by atoms with van der Waals surface area (Å²) in [6.07, 6.45) is 1.82. The third-order valence-corrected chi connectivity index (χ3v) is 5.66. The van der Waals surface area contributed by atoms with E-state index in [-0.39, 0.29) is 5.91 Å². The molecule has 1 aromatic carbocycles. The summed E-state index contributed by atoms with van der Waals surface area (Å²) in [6.45, 7) is 5.96. The van der Waals surface area contributed by atoms with Gasteiger partial charge in [0.2, 0.25) is 0 Å². The van der Waals surface area contributed by atoms with Gasteiger partial charge in [0.1, 0.15) is 0 Å². The lowest BCUT2D eigenvalue weighted by Crippen LogP contribution is -2.37. The molecule has 3 rings (SSSR count). The summed E-state index contributed by atoms with van der Waals surface area (Å²) in [4.78, 5) is 21.5. The number of anilines is 1. The van der Waals surface area contributed by atoms with Crippen molar-refractivity contribution in [2.75, 3.05) is 32.1 Å². The fourth-order valence-corrected chi connectivity index (χ4v) is 3.92. The molecule has 0 saturated heterocycles. The minimum absolute atomic E-state index is 0.146. The highest BCUT2D eigenvalue weighted by atomic mass is 35.5. The first kappa shape index (κ1) is 18.8. The summed E-state index contributed by atoms with van der Waals surface area (Å²) in [5.74, 6) is -0.146. The molecular weight excluding hydrogens is 370 g/mol. The van der Waals surface area contributed by atoms with E-state index in [4.69, 9.17) is 16.6 Å². The average molecular weight is 392 g/mol. The number of fused-ring (bicyclic) bond motifs is 1. The molecule has 0 spiro atoms. The second kappa shape index (κ2) is 7.73. The highest BCUT2D eigenvalue weighted by Crippen LogP contribution is 2.35. The Morgan fingerprint density at radius 2 is 2.04 bits per heavy atom. The van der Waals surface area contributed by atoms with E-state index >= 15 is 0 Å². The average Bonchev–Trinajstić information content (AvgIpc) is 3.25. The van der Waals surface area contributed by atoms with Crippen LogP contribution in [0.3, 0.4) is 0 Å². The van der Waals surface area contributed by atoms with E-state index in [1.165, 1.54) is 11.3 Å². The van der Waals surface area contributed by atoms with Crippen LogP contribution < -0.4 is 4.90 Å². The molecule has 8 heteroatoms. The minimum Gasteiger partial charge on any atom is -0.308 e. The molecule has 0 atom stereocenters. The maximum absolute atomic E-state index is 13.1. The Balaban J connectivity index is 2.01. The van der Waals surface area contributed by atoms with Crippen LogP contribution >= 0.6 is 22.9 Å². The third kappa shape index (κ3) is 3.75. The van der Waals surface area contributed by atoms with E-state index in [0.717, 1.165) is 28.9 Å². The van der Waals surface area contributed by atoms with Crippen LogP contribution in [-0.4, -0.2) is 52.8 Å². The Bertz CT molecular complexity index is 894. The second-order valence-electron chi connectivity index (χ2n) is 6.36. The van der Waals surface area contributed by atoms with Crippen molar-refractivity contribution < 1.29 is 4.79 Å². The molecule has 2 aromatic heterocycles. The monoisotopic (exact) mass is 391 g/mol. The van der Waals surface area contributed by atoms with Gasteiger partial charge >= 0.3 is 0 Å². The zero-order chi connectivity index (χ0) is 18.8. The van der Waals surface area contributed by atoms with Gasteiger partial charge < -0.3 is 4.90 Å². The van der Waals surface area contributed by atoms with E-state index < -0.39 is 0 Å². The molecule has 26 heavy (non-hydrogen) atoms. The molecule has 0 radical (unpaired) electrons. The van der Waals surface area contributed by atoms with Crippen LogP contribution in [-0.2, 0) is 6.54 Å². The predicted octanol–water partition coefficient (Wildman–Crippen LogP) is 3.68. The summed E-state index contributed by atoms with van der Waals surface area (Å²) in [5, 5.41) is 5.66. The maximum atomic E-state index is 13.1. The number of aromatic nitrogens is 3. The number of carbonyl (C=O) groups excluding carboxylic acids is 1. The van der Waals surface area contributed by atoms with Crippen LogP contribution in [0.25, 0.3) is 10.2 Å². The van der Waals surface area contributed by atoms with Gasteiger partial charge in [-0.1, -0.05) is 29.0 Å². The van der Waals surface area contributed by atoms with Crippen LogP contribution in [0.5, 0.6) is 0 Å². The van der Waals surface area contributed by atoms with Gasteiger partial charge in [-0.25, -0.2) is 4.98 Å². The van der Waals surface area contributed by atoms with Crippen molar-refractivity contribution in [1.29, 1.82) is 0 Å². The number of benzene rings is 1. The Morgan fingerprint density at radius 1 is 1.27 bits per heavy atom. The first-order valence-corrected chi connectivity index (χ1v) is 9.65. The van der Waals surface area contributed by atoms with Crippen LogP contribution in [0.15, 0.2) is 24.4 Å². The number of hydrogen-bond donors (Lipinski definition) is 0. The molecule has 138 valence electrons. The molecular formula is C18H22ClN5OS. The van der Waals surface area contributed by atoms with Gasteiger partial charge in [0.15, 0.2) is 10.8 Å². The van der Waals surface area contributed by atoms with Gasteiger partial charge in [0.05, 0.1) is 15.2 Å². The molecule has 0 N–H and O–H groups in total. The highest BCUT2D eigenvalue weighted by Gasteiger charge is 2.24. The van der Waals surface area contributed by atoms with E-state index in [0.29, 0.717) is 22.4 Å². The second-order valence-corrected chi connectivity index (χ2v) is 7.74. The van der Waals surface area contributed by atoms with Gasteiger partial charge in [-0.2, -0.15) is 5.10 Å². The molecule has 0 bridgehead atoms. The summed E-state index contributed by atoms with van der Waals surface area (Å²) < 4.78 is 2.65. The van der Waals surface area contributed by atoms with Crippen LogP contribution in [0.4, 0.5) is 5.13 Å². The lowest BCUT2D eigenvalue weighted by molar-refractivity contribution is 0.0979. The van der Waals surface area contributed by atoms with Crippen molar-refractivity contribution in [3.05, 3.63) is 40.7 Å². The Morgan fingerprint density at radius 3 is 2.65 bits per heavy atom. The number of aryl methyl sites for hydroxylation is 2. The fraction of sp³-hybridized carbons (Fsp3) is 0.389. The predicted molar refractivity (Wildman–Crippen MR) is 107 cm³/mol. The number of halogens is 1. The lowest BCUT2D eigenvalue weighted by Gasteiger charge is -2.21. The van der Waals surface area contributed by atoms with Crippen LogP contribution in [0, 0.1) is 6.92 Å². The number of likely N-dealkylation sites (N-methyl/N-ethyl adjacent to an activating group) is 1. The molecule has 0 saturated carbocycles. The van der Waals surface area contributed by atoms with E-state index in [2.05, 4.69) is 5.10 Å². The fourth-order valence-electron chi connectivity index (χ4n) is 2.58. The molecule has 1 amide bonds. The first-order chi connectivity index (χ1) is 12.4. The van der Waals surface area contributed by atoms with Gasteiger partial charge in [-0.15, -0.1) is 0 Å². The van der Waals surface area contributed by atoms with Crippen LogP contribution in [0.2, 0.25) is 5.02 Å². The molecule has 0 unspecified atom stereocenters. The normalized spacial score (nSPS) is 11.5. The first-order valence-electron chi connectivity index (χ1n) is 8.46. The van der Waals surface area contributed by atoms with Gasteiger partial charge in [-0.05, 0) is 45.6 Å².